The predicted octanol–water partition coefficient (Wildman–Crippen LogP) is 7.10. The van der Waals surface area contributed by atoms with Crippen molar-refractivity contribution >= 4 is 12.6 Å². The Morgan fingerprint density at radius 2 is 1.15 bits per heavy atom. The van der Waals surface area contributed by atoms with Crippen LogP contribution in [0.5, 0.6) is 11.5 Å². The van der Waals surface area contributed by atoms with Gasteiger partial charge in [-0.2, -0.15) is 0 Å². The lowest BCUT2D eigenvalue weighted by molar-refractivity contribution is 0.484. The van der Waals surface area contributed by atoms with E-state index in [1.54, 1.807) is 0 Å². The number of thiol groups is 1. The highest BCUT2D eigenvalue weighted by Gasteiger charge is 2.15. The summed E-state index contributed by atoms with van der Waals surface area (Å²) in [5.74, 6) is 1.65. The van der Waals surface area contributed by atoms with E-state index in [1.165, 1.54) is 0 Å². The Morgan fingerprint density at radius 1 is 0.538 bits per heavy atom. The molecule has 0 aliphatic heterocycles. The Labute approximate surface area is 159 Å². The van der Waals surface area contributed by atoms with Crippen LogP contribution in [0.15, 0.2) is 108 Å². The Balaban J connectivity index is 1.92. The lowest BCUT2D eigenvalue weighted by Gasteiger charge is -2.17. The molecule has 0 saturated carbocycles. The standard InChI is InChI=1S/C24H18OS/c26-23-17-8-7-14-20(23)21-15-9-16-22(25-19-12-5-2-6-13-19)24(21)18-10-3-1-4-11-18/h1-17,26H. The van der Waals surface area contributed by atoms with Crippen molar-refractivity contribution in [3.63, 3.8) is 0 Å². The van der Waals surface area contributed by atoms with E-state index in [-0.39, 0.29) is 0 Å². The van der Waals surface area contributed by atoms with Gasteiger partial charge < -0.3 is 4.74 Å². The molecular formula is C24H18OS. The first-order valence-electron chi connectivity index (χ1n) is 8.52. The second kappa shape index (κ2) is 7.51. The molecule has 0 amide bonds. The van der Waals surface area contributed by atoms with E-state index >= 15 is 0 Å². The minimum absolute atomic E-state index is 0.820. The molecule has 0 N–H and O–H groups in total. The third-order valence-corrected chi connectivity index (χ3v) is 4.64. The summed E-state index contributed by atoms with van der Waals surface area (Å²) in [6, 6.07) is 34.5. The average Bonchev–Trinajstić information content (AvgIpc) is 2.70. The second-order valence-corrected chi connectivity index (χ2v) is 6.46. The zero-order valence-corrected chi connectivity index (χ0v) is 15.1. The monoisotopic (exact) mass is 354 g/mol. The molecule has 0 atom stereocenters. The van der Waals surface area contributed by atoms with Gasteiger partial charge in [-0.15, -0.1) is 12.6 Å². The van der Waals surface area contributed by atoms with E-state index in [2.05, 4.69) is 36.9 Å². The van der Waals surface area contributed by atoms with E-state index in [1.807, 2.05) is 78.9 Å². The molecule has 0 saturated heterocycles. The molecule has 0 aromatic heterocycles. The SMILES string of the molecule is Sc1ccccc1-c1cccc(Oc2ccccc2)c1-c1ccccc1. The zero-order chi connectivity index (χ0) is 17.8. The minimum atomic E-state index is 0.820. The molecule has 126 valence electrons. The van der Waals surface area contributed by atoms with E-state index in [9.17, 15) is 0 Å². The zero-order valence-electron chi connectivity index (χ0n) is 14.2. The van der Waals surface area contributed by atoms with Crippen LogP contribution in [0.25, 0.3) is 22.3 Å². The molecule has 0 aliphatic rings. The average molecular weight is 354 g/mol. The number of para-hydroxylation sites is 1. The summed E-state index contributed by atoms with van der Waals surface area (Å²) in [7, 11) is 0. The van der Waals surface area contributed by atoms with Gasteiger partial charge in [0.25, 0.3) is 0 Å². The summed E-state index contributed by atoms with van der Waals surface area (Å²) in [6.07, 6.45) is 0. The van der Waals surface area contributed by atoms with Crippen LogP contribution in [-0.2, 0) is 0 Å². The minimum Gasteiger partial charge on any atom is -0.457 e. The third kappa shape index (κ3) is 3.37. The first kappa shape index (κ1) is 16.5. The summed E-state index contributed by atoms with van der Waals surface area (Å²) in [5.41, 5.74) is 4.38. The Morgan fingerprint density at radius 3 is 1.88 bits per heavy atom. The molecule has 26 heavy (non-hydrogen) atoms. The van der Waals surface area contributed by atoms with Crippen molar-refractivity contribution in [1.29, 1.82) is 0 Å². The van der Waals surface area contributed by atoms with Crippen molar-refractivity contribution in [3.8, 4) is 33.8 Å². The van der Waals surface area contributed by atoms with E-state index in [0.29, 0.717) is 0 Å². The Kier molecular flexibility index (Phi) is 4.76. The molecule has 0 fully saturated rings. The van der Waals surface area contributed by atoms with Gasteiger partial charge in [-0.3, -0.25) is 0 Å². The molecule has 1 nitrogen and oxygen atoms in total. The molecule has 0 spiro atoms. The lowest BCUT2D eigenvalue weighted by atomic mass is 9.93. The lowest BCUT2D eigenvalue weighted by Crippen LogP contribution is -1.92. The molecule has 4 aromatic rings. The fourth-order valence-electron chi connectivity index (χ4n) is 3.06. The molecule has 0 unspecified atom stereocenters. The van der Waals surface area contributed by atoms with Crippen LogP contribution < -0.4 is 4.74 Å². The topological polar surface area (TPSA) is 9.23 Å². The number of hydrogen-bond donors (Lipinski definition) is 1. The summed E-state index contributed by atoms with van der Waals surface area (Å²) < 4.78 is 6.24. The van der Waals surface area contributed by atoms with Gasteiger partial charge in [0.15, 0.2) is 0 Å². The quantitative estimate of drug-likeness (QED) is 0.384. The molecule has 0 heterocycles. The van der Waals surface area contributed by atoms with E-state index < -0.39 is 0 Å². The van der Waals surface area contributed by atoms with Gasteiger partial charge >= 0.3 is 0 Å². The number of rotatable bonds is 4. The molecule has 4 rings (SSSR count). The van der Waals surface area contributed by atoms with Gasteiger partial charge in [0.1, 0.15) is 11.5 Å². The van der Waals surface area contributed by atoms with Gasteiger partial charge in [-0.1, -0.05) is 78.9 Å². The van der Waals surface area contributed by atoms with Crippen LogP contribution in [0.1, 0.15) is 0 Å². The largest absolute Gasteiger partial charge is 0.457 e. The van der Waals surface area contributed by atoms with E-state index in [0.717, 1.165) is 38.6 Å². The molecule has 0 aliphatic carbocycles. The Bertz CT molecular complexity index is 1010. The van der Waals surface area contributed by atoms with Gasteiger partial charge in [-0.05, 0) is 41.0 Å². The van der Waals surface area contributed by atoms with Crippen LogP contribution in [-0.4, -0.2) is 0 Å². The molecule has 0 bridgehead atoms. The fraction of sp³-hybridized carbons (Fsp3) is 0. The molecule has 2 heteroatoms. The molecule has 0 radical (unpaired) electrons. The fourth-order valence-corrected chi connectivity index (χ4v) is 3.34. The predicted molar refractivity (Wildman–Crippen MR) is 111 cm³/mol. The van der Waals surface area contributed by atoms with Crippen molar-refractivity contribution < 1.29 is 4.74 Å². The van der Waals surface area contributed by atoms with Crippen molar-refractivity contribution in [2.45, 2.75) is 4.90 Å². The highest BCUT2D eigenvalue weighted by molar-refractivity contribution is 7.80. The second-order valence-electron chi connectivity index (χ2n) is 5.98. The van der Waals surface area contributed by atoms with Gasteiger partial charge in [-0.25, -0.2) is 0 Å². The Hall–Kier alpha value is -2.97. The number of ether oxygens (including phenoxy) is 1. The highest BCUT2D eigenvalue weighted by Crippen LogP contribution is 2.42. The molecule has 4 aromatic carbocycles. The van der Waals surface area contributed by atoms with Crippen LogP contribution >= 0.6 is 12.6 Å². The highest BCUT2D eigenvalue weighted by atomic mass is 32.1. The number of benzene rings is 4. The summed E-state index contributed by atoms with van der Waals surface area (Å²) in [5, 5.41) is 0. The van der Waals surface area contributed by atoms with Crippen molar-refractivity contribution in [2.75, 3.05) is 0 Å². The van der Waals surface area contributed by atoms with Gasteiger partial charge in [0.2, 0.25) is 0 Å². The summed E-state index contributed by atoms with van der Waals surface area (Å²) in [4.78, 5) is 0.946. The van der Waals surface area contributed by atoms with Crippen molar-refractivity contribution in [2.24, 2.45) is 0 Å². The molecular weight excluding hydrogens is 336 g/mol. The van der Waals surface area contributed by atoms with Crippen LogP contribution in [0.4, 0.5) is 0 Å². The van der Waals surface area contributed by atoms with Crippen molar-refractivity contribution in [1.82, 2.24) is 0 Å². The summed E-state index contributed by atoms with van der Waals surface area (Å²) in [6.45, 7) is 0. The van der Waals surface area contributed by atoms with Gasteiger partial charge in [0.05, 0.1) is 0 Å². The van der Waals surface area contributed by atoms with Crippen LogP contribution in [0, 0.1) is 0 Å². The summed E-state index contributed by atoms with van der Waals surface area (Å²) >= 11 is 4.66. The first-order valence-corrected chi connectivity index (χ1v) is 8.97. The first-order chi connectivity index (χ1) is 12.8. The van der Waals surface area contributed by atoms with Crippen molar-refractivity contribution in [3.05, 3.63) is 103 Å². The maximum absolute atomic E-state index is 6.24. The maximum atomic E-state index is 6.24. The third-order valence-electron chi connectivity index (χ3n) is 4.25. The normalized spacial score (nSPS) is 10.5. The number of hydrogen-bond acceptors (Lipinski definition) is 2. The maximum Gasteiger partial charge on any atom is 0.135 e. The van der Waals surface area contributed by atoms with E-state index in [4.69, 9.17) is 4.74 Å². The smallest absolute Gasteiger partial charge is 0.135 e. The van der Waals surface area contributed by atoms with Gasteiger partial charge in [0, 0.05) is 10.5 Å². The van der Waals surface area contributed by atoms with Crippen LogP contribution in [0.3, 0.4) is 0 Å². The van der Waals surface area contributed by atoms with Crippen LogP contribution in [0.2, 0.25) is 0 Å².